The standard InChI is InChI=1S/C15H24N4O2/c1-18(2)9-12-8-13(20)10-19(12)14(15(21)17-16)11-6-4-3-5-7-11/h3-7,12-14,20H,8-10,16H2,1-2H3,(H,17,21). The number of benzene rings is 1. The second-order valence-electron chi connectivity index (χ2n) is 5.82. The first-order chi connectivity index (χ1) is 10.0. The molecule has 116 valence electrons. The summed E-state index contributed by atoms with van der Waals surface area (Å²) in [7, 11) is 3.98. The summed E-state index contributed by atoms with van der Waals surface area (Å²) in [5.41, 5.74) is 3.14. The number of β-amino-alcohol motifs (C(OH)–C–C–N with tert-alkyl or cyclic N) is 1. The number of amides is 1. The smallest absolute Gasteiger partial charge is 0.255 e. The Morgan fingerprint density at radius 3 is 2.71 bits per heavy atom. The third kappa shape index (κ3) is 3.79. The van der Waals surface area contributed by atoms with Crippen molar-refractivity contribution in [2.24, 2.45) is 5.84 Å². The van der Waals surface area contributed by atoms with Crippen LogP contribution in [0, 0.1) is 0 Å². The topological polar surface area (TPSA) is 81.8 Å². The molecule has 0 aromatic heterocycles. The highest BCUT2D eigenvalue weighted by molar-refractivity contribution is 5.82. The number of likely N-dealkylation sites (tertiary alicyclic amines) is 1. The lowest BCUT2D eigenvalue weighted by atomic mass is 10.0. The minimum absolute atomic E-state index is 0.123. The third-order valence-corrected chi connectivity index (χ3v) is 3.85. The minimum Gasteiger partial charge on any atom is -0.392 e. The Kier molecular flexibility index (Phi) is 5.30. The van der Waals surface area contributed by atoms with E-state index in [1.54, 1.807) is 0 Å². The van der Waals surface area contributed by atoms with Crippen molar-refractivity contribution in [3.63, 3.8) is 0 Å². The van der Waals surface area contributed by atoms with E-state index in [9.17, 15) is 9.90 Å². The predicted molar refractivity (Wildman–Crippen MR) is 81.2 cm³/mol. The van der Waals surface area contributed by atoms with Crippen LogP contribution < -0.4 is 11.3 Å². The second kappa shape index (κ2) is 7.00. The summed E-state index contributed by atoms with van der Waals surface area (Å²) in [5.74, 6) is 5.11. The van der Waals surface area contributed by atoms with Gasteiger partial charge in [0.25, 0.3) is 5.91 Å². The molecule has 0 spiro atoms. The van der Waals surface area contributed by atoms with Gasteiger partial charge in [0.1, 0.15) is 6.04 Å². The number of carbonyl (C=O) groups excluding carboxylic acids is 1. The van der Waals surface area contributed by atoms with E-state index in [2.05, 4.69) is 10.3 Å². The van der Waals surface area contributed by atoms with Crippen molar-refractivity contribution < 1.29 is 9.90 Å². The monoisotopic (exact) mass is 292 g/mol. The highest BCUT2D eigenvalue weighted by atomic mass is 16.3. The van der Waals surface area contributed by atoms with E-state index in [0.717, 1.165) is 12.1 Å². The lowest BCUT2D eigenvalue weighted by Gasteiger charge is -2.33. The number of hydrogen-bond acceptors (Lipinski definition) is 5. The van der Waals surface area contributed by atoms with Crippen LogP contribution in [0.2, 0.25) is 0 Å². The molecule has 1 aromatic carbocycles. The van der Waals surface area contributed by atoms with E-state index in [4.69, 9.17) is 5.84 Å². The number of carbonyl (C=O) groups is 1. The van der Waals surface area contributed by atoms with E-state index in [-0.39, 0.29) is 11.9 Å². The van der Waals surface area contributed by atoms with Crippen LogP contribution in [0.5, 0.6) is 0 Å². The second-order valence-corrected chi connectivity index (χ2v) is 5.82. The molecule has 1 aliphatic heterocycles. The summed E-state index contributed by atoms with van der Waals surface area (Å²) in [4.78, 5) is 16.4. The van der Waals surface area contributed by atoms with Crippen LogP contribution in [0.1, 0.15) is 18.0 Å². The Bertz CT molecular complexity index is 466. The summed E-state index contributed by atoms with van der Waals surface area (Å²) >= 11 is 0. The van der Waals surface area contributed by atoms with Gasteiger partial charge in [0.05, 0.1) is 6.10 Å². The number of nitrogens with zero attached hydrogens (tertiary/aromatic N) is 2. The van der Waals surface area contributed by atoms with Crippen LogP contribution in [0.3, 0.4) is 0 Å². The molecule has 2 rings (SSSR count). The molecule has 1 amide bonds. The first kappa shape index (κ1) is 15.9. The number of rotatable bonds is 5. The molecule has 0 bridgehead atoms. The number of hydrogen-bond donors (Lipinski definition) is 3. The van der Waals surface area contributed by atoms with E-state index < -0.39 is 12.1 Å². The molecule has 3 atom stereocenters. The molecule has 0 saturated carbocycles. The first-order valence-corrected chi connectivity index (χ1v) is 7.17. The fourth-order valence-corrected chi connectivity index (χ4v) is 3.04. The Labute approximate surface area is 125 Å². The summed E-state index contributed by atoms with van der Waals surface area (Å²) in [5, 5.41) is 10.0. The molecule has 3 unspecified atom stereocenters. The van der Waals surface area contributed by atoms with Crippen LogP contribution in [0.4, 0.5) is 0 Å². The molecule has 1 aliphatic rings. The molecule has 1 heterocycles. The van der Waals surface area contributed by atoms with Gasteiger partial charge < -0.3 is 10.0 Å². The summed E-state index contributed by atoms with van der Waals surface area (Å²) in [6.45, 7) is 1.27. The van der Waals surface area contributed by atoms with Crippen molar-refractivity contribution in [1.82, 2.24) is 15.2 Å². The average molecular weight is 292 g/mol. The SMILES string of the molecule is CN(C)CC1CC(O)CN1C(C(=O)NN)c1ccccc1. The minimum atomic E-state index is -0.474. The highest BCUT2D eigenvalue weighted by Gasteiger charge is 2.39. The lowest BCUT2D eigenvalue weighted by Crippen LogP contribution is -2.47. The summed E-state index contributed by atoms with van der Waals surface area (Å²) in [6.07, 6.45) is 0.256. The zero-order valence-corrected chi connectivity index (χ0v) is 12.6. The normalized spacial score (nSPS) is 24.2. The van der Waals surface area contributed by atoms with Crippen molar-refractivity contribution in [3.05, 3.63) is 35.9 Å². The average Bonchev–Trinajstić information content (AvgIpc) is 2.80. The fraction of sp³-hybridized carbons (Fsp3) is 0.533. The molecule has 4 N–H and O–H groups in total. The molecule has 21 heavy (non-hydrogen) atoms. The van der Waals surface area contributed by atoms with Gasteiger partial charge in [-0.25, -0.2) is 5.84 Å². The van der Waals surface area contributed by atoms with Crippen LogP contribution in [0.25, 0.3) is 0 Å². The van der Waals surface area contributed by atoms with Crippen LogP contribution in [-0.4, -0.2) is 60.1 Å². The number of nitrogens with one attached hydrogen (secondary N) is 1. The van der Waals surface area contributed by atoms with E-state index >= 15 is 0 Å². The molecule has 1 saturated heterocycles. The zero-order valence-electron chi connectivity index (χ0n) is 12.6. The van der Waals surface area contributed by atoms with Crippen LogP contribution in [0.15, 0.2) is 30.3 Å². The van der Waals surface area contributed by atoms with Gasteiger partial charge in [-0.1, -0.05) is 30.3 Å². The maximum absolute atomic E-state index is 12.3. The Morgan fingerprint density at radius 1 is 1.48 bits per heavy atom. The van der Waals surface area contributed by atoms with Gasteiger partial charge in [-0.2, -0.15) is 0 Å². The van der Waals surface area contributed by atoms with Gasteiger partial charge in [0.2, 0.25) is 0 Å². The van der Waals surface area contributed by atoms with Crippen molar-refractivity contribution >= 4 is 5.91 Å². The molecule has 0 aliphatic carbocycles. The number of aliphatic hydroxyl groups is 1. The van der Waals surface area contributed by atoms with Gasteiger partial charge in [0.15, 0.2) is 0 Å². The maximum Gasteiger partial charge on any atom is 0.255 e. The predicted octanol–water partition coefficient (Wildman–Crippen LogP) is -0.286. The summed E-state index contributed by atoms with van der Waals surface area (Å²) in [6, 6.07) is 9.20. The van der Waals surface area contributed by atoms with Gasteiger partial charge in [0, 0.05) is 19.1 Å². The molecule has 6 heteroatoms. The molecular weight excluding hydrogens is 268 g/mol. The Morgan fingerprint density at radius 2 is 2.14 bits per heavy atom. The molecule has 1 fully saturated rings. The quantitative estimate of drug-likeness (QED) is 0.395. The number of hydrazine groups is 1. The first-order valence-electron chi connectivity index (χ1n) is 7.17. The van der Waals surface area contributed by atoms with Gasteiger partial charge >= 0.3 is 0 Å². The highest BCUT2D eigenvalue weighted by Crippen LogP contribution is 2.30. The zero-order chi connectivity index (χ0) is 15.4. The van der Waals surface area contributed by atoms with E-state index in [1.807, 2.05) is 49.3 Å². The number of likely N-dealkylation sites (N-methyl/N-ethyl adjacent to an activating group) is 1. The molecule has 6 nitrogen and oxygen atoms in total. The van der Waals surface area contributed by atoms with E-state index in [0.29, 0.717) is 13.0 Å². The van der Waals surface area contributed by atoms with Gasteiger partial charge in [-0.15, -0.1) is 0 Å². The van der Waals surface area contributed by atoms with E-state index in [1.165, 1.54) is 0 Å². The molecular formula is C15H24N4O2. The largest absolute Gasteiger partial charge is 0.392 e. The molecule has 1 aromatic rings. The van der Waals surface area contributed by atoms with Crippen LogP contribution >= 0.6 is 0 Å². The number of aliphatic hydroxyl groups excluding tert-OH is 1. The van der Waals surface area contributed by atoms with Crippen molar-refractivity contribution in [3.8, 4) is 0 Å². The summed E-state index contributed by atoms with van der Waals surface area (Å²) < 4.78 is 0. The molecule has 0 radical (unpaired) electrons. The number of nitrogens with two attached hydrogens (primary N) is 1. The third-order valence-electron chi connectivity index (χ3n) is 3.85. The fourth-order valence-electron chi connectivity index (χ4n) is 3.04. The Balaban J connectivity index is 2.29. The Hall–Kier alpha value is -1.47. The van der Waals surface area contributed by atoms with Crippen LogP contribution in [-0.2, 0) is 4.79 Å². The van der Waals surface area contributed by atoms with Crippen molar-refractivity contribution in [2.45, 2.75) is 24.6 Å². The van der Waals surface area contributed by atoms with Gasteiger partial charge in [-0.3, -0.25) is 15.1 Å². The van der Waals surface area contributed by atoms with Crippen molar-refractivity contribution in [2.75, 3.05) is 27.2 Å². The van der Waals surface area contributed by atoms with Crippen molar-refractivity contribution in [1.29, 1.82) is 0 Å². The lowest BCUT2D eigenvalue weighted by molar-refractivity contribution is -0.127. The maximum atomic E-state index is 12.3. The van der Waals surface area contributed by atoms with Gasteiger partial charge in [-0.05, 0) is 26.1 Å².